The number of nitro groups is 1. The molecule has 1 aliphatic carbocycles. The zero-order valence-electron chi connectivity index (χ0n) is 12.0. The van der Waals surface area contributed by atoms with Gasteiger partial charge in [-0.25, -0.2) is 8.42 Å². The minimum atomic E-state index is -3.42. The molecule has 21 heavy (non-hydrogen) atoms. The summed E-state index contributed by atoms with van der Waals surface area (Å²) in [4.78, 5) is 10.2. The Morgan fingerprint density at radius 3 is 2.43 bits per heavy atom. The number of nitro benzene ring substituents is 1. The first-order valence-corrected chi connectivity index (χ1v) is 8.80. The molecule has 0 aromatic heterocycles. The van der Waals surface area contributed by atoms with Crippen molar-refractivity contribution in [2.75, 3.05) is 12.3 Å². The van der Waals surface area contributed by atoms with Gasteiger partial charge < -0.3 is 5.32 Å². The molecule has 1 fully saturated rings. The summed E-state index contributed by atoms with van der Waals surface area (Å²) in [5, 5.41) is 13.9. The van der Waals surface area contributed by atoms with Gasteiger partial charge in [-0.3, -0.25) is 10.1 Å². The molecule has 1 N–H and O–H groups in total. The molecule has 7 heteroatoms. The summed E-state index contributed by atoms with van der Waals surface area (Å²) in [6.45, 7) is 2.85. The molecule has 0 heterocycles. The van der Waals surface area contributed by atoms with Crippen molar-refractivity contribution in [3.8, 4) is 0 Å². The SMILES string of the molecule is CCCNC(CS(=O)(=O)c1ccc([N+](=O)[O-])cc1)C1CC1. The van der Waals surface area contributed by atoms with Crippen molar-refractivity contribution in [3.63, 3.8) is 0 Å². The number of sulfone groups is 1. The van der Waals surface area contributed by atoms with Gasteiger partial charge in [-0.15, -0.1) is 0 Å². The molecule has 1 aromatic carbocycles. The highest BCUT2D eigenvalue weighted by atomic mass is 32.2. The maximum atomic E-state index is 12.4. The molecule has 0 radical (unpaired) electrons. The standard InChI is InChI=1S/C14H20N2O4S/c1-2-9-15-14(11-3-4-11)10-21(19,20)13-7-5-12(6-8-13)16(17)18/h5-8,11,14-15H,2-4,9-10H2,1H3. The van der Waals surface area contributed by atoms with E-state index in [9.17, 15) is 18.5 Å². The summed E-state index contributed by atoms with van der Waals surface area (Å²) in [5.41, 5.74) is -0.100. The molecule has 0 amide bonds. The normalized spacial score (nSPS) is 16.6. The maximum Gasteiger partial charge on any atom is 0.269 e. The van der Waals surface area contributed by atoms with Gasteiger partial charge in [-0.05, 0) is 43.9 Å². The van der Waals surface area contributed by atoms with Crippen LogP contribution in [0.1, 0.15) is 26.2 Å². The quantitative estimate of drug-likeness (QED) is 0.587. The lowest BCUT2D eigenvalue weighted by molar-refractivity contribution is -0.384. The highest BCUT2D eigenvalue weighted by Crippen LogP contribution is 2.34. The highest BCUT2D eigenvalue weighted by Gasteiger charge is 2.34. The van der Waals surface area contributed by atoms with Gasteiger partial charge in [0.05, 0.1) is 15.6 Å². The smallest absolute Gasteiger partial charge is 0.269 e. The Morgan fingerprint density at radius 2 is 1.95 bits per heavy atom. The molecule has 0 spiro atoms. The van der Waals surface area contributed by atoms with Crippen molar-refractivity contribution in [1.82, 2.24) is 5.32 Å². The van der Waals surface area contributed by atoms with Gasteiger partial charge in [-0.2, -0.15) is 0 Å². The van der Waals surface area contributed by atoms with Crippen LogP contribution >= 0.6 is 0 Å². The monoisotopic (exact) mass is 312 g/mol. The van der Waals surface area contributed by atoms with Crippen LogP contribution in [-0.2, 0) is 9.84 Å². The van der Waals surface area contributed by atoms with Gasteiger partial charge in [0.25, 0.3) is 5.69 Å². The third-order valence-electron chi connectivity index (χ3n) is 3.65. The first kappa shape index (κ1) is 15.9. The van der Waals surface area contributed by atoms with E-state index in [0.717, 1.165) is 25.8 Å². The van der Waals surface area contributed by atoms with Crippen molar-refractivity contribution in [2.24, 2.45) is 5.92 Å². The lowest BCUT2D eigenvalue weighted by Crippen LogP contribution is -2.38. The molecule has 0 aliphatic heterocycles. The molecule has 2 rings (SSSR count). The van der Waals surface area contributed by atoms with E-state index in [2.05, 4.69) is 5.32 Å². The van der Waals surface area contributed by atoms with E-state index < -0.39 is 14.8 Å². The maximum absolute atomic E-state index is 12.4. The fourth-order valence-electron chi connectivity index (χ4n) is 2.30. The van der Waals surface area contributed by atoms with Gasteiger partial charge in [0, 0.05) is 18.2 Å². The van der Waals surface area contributed by atoms with E-state index in [1.807, 2.05) is 6.92 Å². The molecule has 116 valence electrons. The molecular weight excluding hydrogens is 292 g/mol. The number of benzene rings is 1. The van der Waals surface area contributed by atoms with E-state index in [1.54, 1.807) is 0 Å². The summed E-state index contributed by atoms with van der Waals surface area (Å²) in [5.74, 6) is 0.486. The molecular formula is C14H20N2O4S. The number of nitrogens with zero attached hydrogens (tertiary/aromatic N) is 1. The van der Waals surface area contributed by atoms with Gasteiger partial charge in [0.1, 0.15) is 0 Å². The van der Waals surface area contributed by atoms with Gasteiger partial charge in [0.15, 0.2) is 9.84 Å². The summed E-state index contributed by atoms with van der Waals surface area (Å²) in [7, 11) is -3.42. The molecule has 1 aliphatic rings. The number of hydrogen-bond acceptors (Lipinski definition) is 5. The first-order valence-electron chi connectivity index (χ1n) is 7.14. The van der Waals surface area contributed by atoms with Gasteiger partial charge >= 0.3 is 0 Å². The Hall–Kier alpha value is -1.47. The lowest BCUT2D eigenvalue weighted by Gasteiger charge is -2.18. The van der Waals surface area contributed by atoms with Crippen LogP contribution in [0.5, 0.6) is 0 Å². The summed E-state index contributed by atoms with van der Waals surface area (Å²) < 4.78 is 24.8. The highest BCUT2D eigenvalue weighted by molar-refractivity contribution is 7.91. The molecule has 1 atom stereocenters. The minimum absolute atomic E-state index is 0.0230. The Morgan fingerprint density at radius 1 is 1.33 bits per heavy atom. The zero-order valence-corrected chi connectivity index (χ0v) is 12.8. The summed E-state index contributed by atoms with van der Waals surface area (Å²) in [6, 6.07) is 5.08. The lowest BCUT2D eigenvalue weighted by atomic mass is 10.2. The van der Waals surface area contributed by atoms with Gasteiger partial charge in [-0.1, -0.05) is 6.92 Å². The largest absolute Gasteiger partial charge is 0.313 e. The van der Waals surface area contributed by atoms with Crippen LogP contribution < -0.4 is 5.32 Å². The topological polar surface area (TPSA) is 89.3 Å². The van der Waals surface area contributed by atoms with Crippen molar-refractivity contribution in [1.29, 1.82) is 0 Å². The second kappa shape index (κ2) is 6.53. The predicted molar refractivity (Wildman–Crippen MR) is 80.0 cm³/mol. The van der Waals surface area contributed by atoms with Crippen LogP contribution in [0, 0.1) is 16.0 Å². The number of non-ortho nitro benzene ring substituents is 1. The molecule has 0 bridgehead atoms. The van der Waals surface area contributed by atoms with Crippen LogP contribution in [0.2, 0.25) is 0 Å². The fourth-order valence-corrected chi connectivity index (χ4v) is 3.90. The second-order valence-corrected chi connectivity index (χ2v) is 7.46. The van der Waals surface area contributed by atoms with Crippen LogP contribution in [0.3, 0.4) is 0 Å². The van der Waals surface area contributed by atoms with E-state index in [1.165, 1.54) is 24.3 Å². The van der Waals surface area contributed by atoms with Crippen LogP contribution in [0.15, 0.2) is 29.2 Å². The van der Waals surface area contributed by atoms with Crippen molar-refractivity contribution < 1.29 is 13.3 Å². The van der Waals surface area contributed by atoms with Crippen LogP contribution in [-0.4, -0.2) is 31.7 Å². The van der Waals surface area contributed by atoms with Gasteiger partial charge in [0.2, 0.25) is 0 Å². The van der Waals surface area contributed by atoms with E-state index in [-0.39, 0.29) is 22.4 Å². The molecule has 1 saturated carbocycles. The molecule has 1 aromatic rings. The average Bonchev–Trinajstić information content (AvgIpc) is 3.28. The molecule has 6 nitrogen and oxygen atoms in total. The predicted octanol–water partition coefficient (Wildman–Crippen LogP) is 2.15. The minimum Gasteiger partial charge on any atom is -0.313 e. The van der Waals surface area contributed by atoms with E-state index >= 15 is 0 Å². The number of rotatable bonds is 8. The first-order chi connectivity index (χ1) is 9.94. The van der Waals surface area contributed by atoms with E-state index in [0.29, 0.717) is 5.92 Å². The molecule has 1 unspecified atom stereocenters. The Bertz CT molecular complexity index is 594. The van der Waals surface area contributed by atoms with Crippen LogP contribution in [0.25, 0.3) is 0 Å². The second-order valence-electron chi connectivity index (χ2n) is 5.43. The number of nitrogens with one attached hydrogen (secondary N) is 1. The summed E-state index contributed by atoms with van der Waals surface area (Å²) in [6.07, 6.45) is 3.09. The van der Waals surface area contributed by atoms with Crippen molar-refractivity contribution >= 4 is 15.5 Å². The Kier molecular flexibility index (Phi) is 4.95. The number of hydrogen-bond donors (Lipinski definition) is 1. The van der Waals surface area contributed by atoms with E-state index in [4.69, 9.17) is 0 Å². The third kappa shape index (κ3) is 4.25. The third-order valence-corrected chi connectivity index (χ3v) is 5.44. The Balaban J connectivity index is 2.10. The fraction of sp³-hybridized carbons (Fsp3) is 0.571. The zero-order chi connectivity index (χ0) is 15.5. The summed E-state index contributed by atoms with van der Waals surface area (Å²) >= 11 is 0. The van der Waals surface area contributed by atoms with Crippen molar-refractivity contribution in [3.05, 3.63) is 34.4 Å². The van der Waals surface area contributed by atoms with Crippen molar-refractivity contribution in [2.45, 2.75) is 37.1 Å². The molecule has 0 saturated heterocycles. The Labute approximate surface area is 124 Å². The average molecular weight is 312 g/mol. The van der Waals surface area contributed by atoms with Crippen LogP contribution in [0.4, 0.5) is 5.69 Å².